The summed E-state index contributed by atoms with van der Waals surface area (Å²) in [6.45, 7) is 6.88. The van der Waals surface area contributed by atoms with Crippen LogP contribution in [0.2, 0.25) is 0 Å². The van der Waals surface area contributed by atoms with Crippen molar-refractivity contribution < 1.29 is 0 Å². The van der Waals surface area contributed by atoms with Crippen molar-refractivity contribution in [3.05, 3.63) is 169 Å². The highest BCUT2D eigenvalue weighted by atomic mass is 15.2. The average Bonchev–Trinajstić information content (AvgIpc) is 3.07. The first kappa shape index (κ1) is 27.5. The van der Waals surface area contributed by atoms with Gasteiger partial charge in [-0.3, -0.25) is 0 Å². The molecule has 0 aromatic heterocycles. The summed E-state index contributed by atoms with van der Waals surface area (Å²) in [5.74, 6) is 0. The molecule has 0 aliphatic carbocycles. The highest BCUT2D eigenvalue weighted by Crippen LogP contribution is 2.51. The van der Waals surface area contributed by atoms with Crippen LogP contribution in [0, 0.1) is 0 Å². The molecule has 2 nitrogen and oxygen atoms in total. The summed E-state index contributed by atoms with van der Waals surface area (Å²) >= 11 is 0. The van der Waals surface area contributed by atoms with Crippen LogP contribution < -0.4 is 9.80 Å². The summed E-state index contributed by atoms with van der Waals surface area (Å²) in [6, 6.07) is 58.9. The lowest BCUT2D eigenvalue weighted by molar-refractivity contribution is 0.591. The summed E-state index contributed by atoms with van der Waals surface area (Å²) in [6.07, 6.45) is 0. The van der Waals surface area contributed by atoms with Crippen molar-refractivity contribution in [1.82, 2.24) is 0 Å². The zero-order valence-electron chi connectivity index (χ0n) is 25.5. The van der Waals surface area contributed by atoms with Gasteiger partial charge < -0.3 is 9.80 Å². The average molecular weight is 569 g/mol. The van der Waals surface area contributed by atoms with Gasteiger partial charge in [0.15, 0.2) is 0 Å². The van der Waals surface area contributed by atoms with Gasteiger partial charge >= 0.3 is 0 Å². The second-order valence-electron chi connectivity index (χ2n) is 12.3. The number of anilines is 6. The Labute approximate surface area is 260 Å². The molecule has 0 aliphatic rings. The lowest BCUT2D eigenvalue weighted by atomic mass is 9.84. The predicted octanol–water partition coefficient (Wildman–Crippen LogP) is 12.2. The van der Waals surface area contributed by atoms with E-state index in [1.165, 1.54) is 38.5 Å². The van der Waals surface area contributed by atoms with Crippen LogP contribution in [0.5, 0.6) is 0 Å². The van der Waals surface area contributed by atoms with Crippen molar-refractivity contribution in [2.45, 2.75) is 26.2 Å². The van der Waals surface area contributed by atoms with Crippen molar-refractivity contribution in [2.75, 3.05) is 9.80 Å². The fourth-order valence-corrected chi connectivity index (χ4v) is 6.20. The lowest BCUT2D eigenvalue weighted by Gasteiger charge is -2.33. The fourth-order valence-electron chi connectivity index (χ4n) is 6.20. The molecule has 0 atom stereocenters. The molecular formula is C42H36N2. The van der Waals surface area contributed by atoms with E-state index in [-0.39, 0.29) is 5.41 Å². The summed E-state index contributed by atoms with van der Waals surface area (Å²) < 4.78 is 0. The Bertz CT molecular complexity index is 1950. The fraction of sp³-hybridized carbons (Fsp3) is 0.0952. The van der Waals surface area contributed by atoms with Gasteiger partial charge in [0, 0.05) is 44.3 Å². The maximum Gasteiger partial charge on any atom is 0.0620 e. The molecule has 0 saturated carbocycles. The van der Waals surface area contributed by atoms with E-state index in [2.05, 4.69) is 194 Å². The molecule has 0 bridgehead atoms. The molecule has 2 heteroatoms. The number of hydrogen-bond acceptors (Lipinski definition) is 2. The standard InChI is InChI=1S/C42H36N2/c1-42(2,3)31-28-29-38-39(30-31)41(44(34-22-12-6-13-23-34)35-24-14-7-15-25-35)37-27-17-16-26-36(37)40(38)43(32-18-8-4-9-19-32)33-20-10-5-11-21-33/h4-30H,1-3H3. The summed E-state index contributed by atoms with van der Waals surface area (Å²) in [5, 5.41) is 4.82. The van der Waals surface area contributed by atoms with E-state index in [0.717, 1.165) is 22.7 Å². The number of fused-ring (bicyclic) bond motifs is 2. The molecule has 214 valence electrons. The molecule has 0 saturated heterocycles. The molecule has 7 aromatic rings. The molecule has 0 aliphatic heterocycles. The highest BCUT2D eigenvalue weighted by Gasteiger charge is 2.26. The van der Waals surface area contributed by atoms with E-state index in [1.807, 2.05) is 0 Å². The van der Waals surface area contributed by atoms with Gasteiger partial charge in [0.25, 0.3) is 0 Å². The van der Waals surface area contributed by atoms with Crippen LogP contribution in [0.4, 0.5) is 34.1 Å². The van der Waals surface area contributed by atoms with E-state index in [1.54, 1.807) is 0 Å². The first-order chi connectivity index (χ1) is 21.5. The van der Waals surface area contributed by atoms with Crippen LogP contribution >= 0.6 is 0 Å². The normalized spacial score (nSPS) is 11.5. The third-order valence-corrected chi connectivity index (χ3v) is 8.34. The lowest BCUT2D eigenvalue weighted by Crippen LogP contribution is -2.15. The zero-order chi connectivity index (χ0) is 30.1. The summed E-state index contributed by atoms with van der Waals surface area (Å²) in [7, 11) is 0. The van der Waals surface area contributed by atoms with Gasteiger partial charge in [0.2, 0.25) is 0 Å². The Morgan fingerprint density at radius 1 is 0.341 bits per heavy atom. The van der Waals surface area contributed by atoms with Crippen LogP contribution in [-0.4, -0.2) is 0 Å². The summed E-state index contributed by atoms with van der Waals surface area (Å²) in [5.41, 5.74) is 8.16. The maximum atomic E-state index is 2.43. The Hall–Kier alpha value is -5.34. The number of hydrogen-bond donors (Lipinski definition) is 0. The molecule has 7 aromatic carbocycles. The van der Waals surface area contributed by atoms with Gasteiger partial charge in [-0.25, -0.2) is 0 Å². The molecule has 44 heavy (non-hydrogen) atoms. The molecule has 0 N–H and O–H groups in total. The first-order valence-electron chi connectivity index (χ1n) is 15.3. The molecular weight excluding hydrogens is 532 g/mol. The molecule has 0 unspecified atom stereocenters. The zero-order valence-corrected chi connectivity index (χ0v) is 25.5. The van der Waals surface area contributed by atoms with Crippen LogP contribution in [-0.2, 0) is 5.41 Å². The topological polar surface area (TPSA) is 6.48 Å². The van der Waals surface area contributed by atoms with Gasteiger partial charge in [-0.2, -0.15) is 0 Å². The molecule has 0 fully saturated rings. The van der Waals surface area contributed by atoms with Gasteiger partial charge in [-0.15, -0.1) is 0 Å². The molecule has 0 spiro atoms. The van der Waals surface area contributed by atoms with Crippen LogP contribution in [0.3, 0.4) is 0 Å². The molecule has 0 radical (unpaired) electrons. The Morgan fingerprint density at radius 3 is 1.02 bits per heavy atom. The minimum absolute atomic E-state index is 0.0138. The highest BCUT2D eigenvalue weighted by molar-refractivity contribution is 6.23. The van der Waals surface area contributed by atoms with Crippen molar-refractivity contribution in [1.29, 1.82) is 0 Å². The third-order valence-electron chi connectivity index (χ3n) is 8.34. The van der Waals surface area contributed by atoms with Crippen LogP contribution in [0.15, 0.2) is 164 Å². The molecule has 0 heterocycles. The van der Waals surface area contributed by atoms with E-state index >= 15 is 0 Å². The monoisotopic (exact) mass is 568 g/mol. The predicted molar refractivity (Wildman–Crippen MR) is 190 cm³/mol. The van der Waals surface area contributed by atoms with Crippen molar-refractivity contribution >= 4 is 55.7 Å². The maximum absolute atomic E-state index is 2.43. The Morgan fingerprint density at radius 2 is 0.659 bits per heavy atom. The largest absolute Gasteiger partial charge is 0.309 e. The van der Waals surface area contributed by atoms with E-state index in [0.29, 0.717) is 0 Å². The third kappa shape index (κ3) is 4.99. The van der Waals surface area contributed by atoms with Crippen molar-refractivity contribution in [3.63, 3.8) is 0 Å². The van der Waals surface area contributed by atoms with Crippen molar-refractivity contribution in [3.8, 4) is 0 Å². The number of para-hydroxylation sites is 4. The first-order valence-corrected chi connectivity index (χ1v) is 15.3. The number of rotatable bonds is 6. The summed E-state index contributed by atoms with van der Waals surface area (Å²) in [4.78, 5) is 4.84. The second kappa shape index (κ2) is 11.4. The van der Waals surface area contributed by atoms with Crippen LogP contribution in [0.1, 0.15) is 26.3 Å². The minimum atomic E-state index is -0.0138. The van der Waals surface area contributed by atoms with E-state index < -0.39 is 0 Å². The van der Waals surface area contributed by atoms with Crippen molar-refractivity contribution in [2.24, 2.45) is 0 Å². The Kier molecular flexibility index (Phi) is 7.12. The van der Waals surface area contributed by atoms with Gasteiger partial charge in [-0.05, 0) is 65.6 Å². The van der Waals surface area contributed by atoms with Gasteiger partial charge in [0.1, 0.15) is 0 Å². The smallest absolute Gasteiger partial charge is 0.0620 e. The van der Waals surface area contributed by atoms with Gasteiger partial charge in [0.05, 0.1) is 11.4 Å². The SMILES string of the molecule is CC(C)(C)c1ccc2c(N(c3ccccc3)c3ccccc3)c3ccccc3c(N(c3ccccc3)c3ccccc3)c2c1. The molecule has 7 rings (SSSR count). The van der Waals surface area contributed by atoms with Gasteiger partial charge in [-0.1, -0.05) is 130 Å². The van der Waals surface area contributed by atoms with Crippen LogP contribution in [0.25, 0.3) is 21.5 Å². The minimum Gasteiger partial charge on any atom is -0.309 e. The number of nitrogens with zero attached hydrogens (tertiary/aromatic N) is 2. The van der Waals surface area contributed by atoms with E-state index in [9.17, 15) is 0 Å². The molecule has 0 amide bonds. The van der Waals surface area contributed by atoms with E-state index in [4.69, 9.17) is 0 Å². The Balaban J connectivity index is 1.67. The number of benzene rings is 7. The quantitative estimate of drug-likeness (QED) is 0.145. The second-order valence-corrected chi connectivity index (χ2v) is 12.3.